The van der Waals surface area contributed by atoms with Gasteiger partial charge >= 0.3 is 12.1 Å². The van der Waals surface area contributed by atoms with E-state index in [2.05, 4.69) is 5.32 Å². The Kier molecular flexibility index (Phi) is 16.2. The predicted octanol–water partition coefficient (Wildman–Crippen LogP) is 3.80. The van der Waals surface area contributed by atoms with Gasteiger partial charge in [0.1, 0.15) is 40.7 Å². The number of amides is 5. The van der Waals surface area contributed by atoms with Crippen molar-refractivity contribution < 1.29 is 62.3 Å². The van der Waals surface area contributed by atoms with Crippen LogP contribution < -0.4 is 15.0 Å². The molecular formula is C43H59ClN4O13S. The van der Waals surface area contributed by atoms with Crippen molar-refractivity contribution >= 4 is 64.7 Å². The fourth-order valence-corrected chi connectivity index (χ4v) is 9.42. The number of aliphatic hydroxyl groups is 1. The number of esters is 1. The van der Waals surface area contributed by atoms with Crippen LogP contribution in [0.1, 0.15) is 65.9 Å². The van der Waals surface area contributed by atoms with Crippen LogP contribution in [0.5, 0.6) is 5.75 Å². The Morgan fingerprint density at radius 2 is 1.89 bits per heavy atom. The molecule has 19 heteroatoms. The Morgan fingerprint density at radius 1 is 1.16 bits per heavy atom. The fourth-order valence-electron chi connectivity index (χ4n) is 8.00. The van der Waals surface area contributed by atoms with Crippen molar-refractivity contribution in [2.75, 3.05) is 58.7 Å². The number of nitrogens with one attached hydrogen (secondary N) is 1. The average molecular weight is 907 g/mol. The standard InChI is InChI=1S/C43H59ClN4O13S/c1-10-58-16-15-48-36(51)21-31(39(48)52)62-17-14-34(49)46(6)26(4)40(53)60-33-22-35(50)47(7)28-19-27(20-29(56-8)37(28)44)18-24(2)12-11-13-32(57-9)43(55)23-30(59-41(54)45-43)25(3)38-42(33,5)61-38/h11-13,19-20,25-26,30-33,38,55H,10,14-18,21-23H2,1-9H3,(H,45,54)/b13-11+,24-12+/t25-,26+,30+,31?,32-,33+,38+,42+,43+/m1/s1. The number of likely N-dealkylation sites (N-methyl/N-ethyl adjacent to an activating group) is 1. The molecule has 3 saturated heterocycles. The summed E-state index contributed by atoms with van der Waals surface area (Å²) in [5.74, 6) is -2.29. The summed E-state index contributed by atoms with van der Waals surface area (Å²) < 4.78 is 34.6. The zero-order valence-electron chi connectivity index (χ0n) is 36.8. The van der Waals surface area contributed by atoms with Crippen LogP contribution in [0.2, 0.25) is 5.02 Å². The molecule has 62 heavy (non-hydrogen) atoms. The van der Waals surface area contributed by atoms with Gasteiger partial charge in [-0.3, -0.25) is 29.4 Å². The molecule has 17 nitrogen and oxygen atoms in total. The van der Waals surface area contributed by atoms with Crippen molar-refractivity contribution in [1.29, 1.82) is 0 Å². The zero-order chi connectivity index (χ0) is 45.7. The van der Waals surface area contributed by atoms with Crippen molar-refractivity contribution in [3.8, 4) is 5.75 Å². The summed E-state index contributed by atoms with van der Waals surface area (Å²) in [4.78, 5) is 83.6. The molecular weight excluding hydrogens is 848 g/mol. The summed E-state index contributed by atoms with van der Waals surface area (Å²) in [7, 11) is 5.90. The summed E-state index contributed by atoms with van der Waals surface area (Å²) in [5.41, 5.74) is -1.11. The quantitative estimate of drug-likeness (QED) is 0.125. The molecule has 4 aliphatic rings. The molecule has 1 aromatic carbocycles. The van der Waals surface area contributed by atoms with Gasteiger partial charge in [-0.2, -0.15) is 0 Å². The number of carbonyl (C=O) groups excluding carboxylic acids is 6. The Hall–Kier alpha value is -4.20. The van der Waals surface area contributed by atoms with Crippen molar-refractivity contribution in [2.24, 2.45) is 5.92 Å². The lowest BCUT2D eigenvalue weighted by atomic mass is 9.83. The van der Waals surface area contributed by atoms with Crippen LogP contribution in [0.15, 0.2) is 35.9 Å². The SMILES string of the molecule is CCOCCN1C(=O)CC(SCCC(=O)N(C)[C@@H](C)C(=O)O[C@H]2CC(=O)N(C)c3cc(cc(OC)c3Cl)C/C(C)=C/C=C/[C@@H](OC)[C@@]3(O)C[C@H](OC(=O)N3)[C@@H](C)[C@@H]3O[C@@]23C)C1=O. The number of imide groups is 1. The molecule has 9 atom stereocenters. The molecule has 5 amide bonds. The first-order valence-electron chi connectivity index (χ1n) is 20.7. The second kappa shape index (κ2) is 20.5. The number of nitrogens with zero attached hydrogens (tertiary/aromatic N) is 3. The number of benzene rings is 1. The summed E-state index contributed by atoms with van der Waals surface area (Å²) in [6, 6.07) is 2.44. The molecule has 0 aliphatic carbocycles. The number of methoxy groups -OCH3 is 2. The lowest BCUT2D eigenvalue weighted by Crippen LogP contribution is -2.63. The van der Waals surface area contributed by atoms with Gasteiger partial charge in [-0.25, -0.2) is 9.59 Å². The molecule has 1 unspecified atom stereocenters. The fraction of sp³-hybridized carbons (Fsp3) is 0.628. The van der Waals surface area contributed by atoms with E-state index >= 15 is 0 Å². The van der Waals surface area contributed by atoms with Crippen molar-refractivity contribution in [2.45, 2.75) is 114 Å². The van der Waals surface area contributed by atoms with Crippen LogP contribution in [0.3, 0.4) is 0 Å². The first kappa shape index (κ1) is 48.8. The van der Waals surface area contributed by atoms with Gasteiger partial charge in [0.15, 0.2) is 5.72 Å². The molecule has 1 aromatic rings. The second-order valence-corrected chi connectivity index (χ2v) is 18.0. The summed E-state index contributed by atoms with van der Waals surface area (Å²) in [5, 5.41) is 13.9. The Morgan fingerprint density at radius 3 is 2.56 bits per heavy atom. The third-order valence-electron chi connectivity index (χ3n) is 12.0. The monoisotopic (exact) mass is 906 g/mol. The van der Waals surface area contributed by atoms with E-state index in [0.717, 1.165) is 11.1 Å². The summed E-state index contributed by atoms with van der Waals surface area (Å²) in [6.07, 6.45) is 0.542. The summed E-state index contributed by atoms with van der Waals surface area (Å²) in [6.45, 7) is 9.58. The molecule has 0 saturated carbocycles. The lowest BCUT2D eigenvalue weighted by molar-refractivity contribution is -0.162. The Balaban J connectivity index is 1.37. The molecule has 3 fully saturated rings. The highest BCUT2D eigenvalue weighted by molar-refractivity contribution is 8.00. The predicted molar refractivity (Wildman–Crippen MR) is 230 cm³/mol. The number of rotatable bonds is 13. The van der Waals surface area contributed by atoms with E-state index in [1.54, 1.807) is 45.2 Å². The number of carbonyl (C=O) groups is 6. The van der Waals surface area contributed by atoms with E-state index in [1.165, 1.54) is 54.7 Å². The molecule has 4 aliphatic heterocycles. The number of fused-ring (bicyclic) bond motifs is 5. The highest BCUT2D eigenvalue weighted by atomic mass is 35.5. The lowest BCUT2D eigenvalue weighted by Gasteiger charge is -2.42. The van der Waals surface area contributed by atoms with Gasteiger partial charge in [-0.15, -0.1) is 11.8 Å². The molecule has 5 rings (SSSR count). The number of anilines is 1. The number of halogens is 1. The highest BCUT2D eigenvalue weighted by Gasteiger charge is 2.64. The number of hydrogen-bond donors (Lipinski definition) is 2. The van der Waals surface area contributed by atoms with Crippen molar-refractivity contribution in [3.05, 3.63) is 46.5 Å². The number of likely N-dealkylation sites (tertiary alicyclic amines) is 1. The van der Waals surface area contributed by atoms with Crippen molar-refractivity contribution in [1.82, 2.24) is 15.1 Å². The minimum absolute atomic E-state index is 0.0253. The van der Waals surface area contributed by atoms with Crippen molar-refractivity contribution in [3.63, 3.8) is 0 Å². The number of thioether (sulfide) groups is 1. The largest absolute Gasteiger partial charge is 0.495 e. The topological polar surface area (TPSA) is 203 Å². The van der Waals surface area contributed by atoms with Crippen LogP contribution in [0, 0.1) is 5.92 Å². The van der Waals surface area contributed by atoms with E-state index in [-0.39, 0.29) is 61.4 Å². The van der Waals surface area contributed by atoms with E-state index < -0.39 is 76.8 Å². The van der Waals surface area contributed by atoms with Gasteiger partial charge in [0, 0.05) is 58.7 Å². The molecule has 342 valence electrons. The summed E-state index contributed by atoms with van der Waals surface area (Å²) >= 11 is 7.99. The van der Waals surface area contributed by atoms with Gasteiger partial charge in [0.2, 0.25) is 23.6 Å². The molecule has 4 heterocycles. The van der Waals surface area contributed by atoms with Gasteiger partial charge in [0.05, 0.1) is 43.7 Å². The molecule has 4 bridgehead atoms. The van der Waals surface area contributed by atoms with Gasteiger partial charge < -0.3 is 43.3 Å². The maximum atomic E-state index is 14.3. The Bertz CT molecular complexity index is 1950. The molecule has 0 aromatic heterocycles. The maximum Gasteiger partial charge on any atom is 0.409 e. The van der Waals surface area contributed by atoms with Gasteiger partial charge in [-0.1, -0.05) is 42.3 Å². The maximum absolute atomic E-state index is 14.3. The van der Waals surface area contributed by atoms with Gasteiger partial charge in [0.25, 0.3) is 0 Å². The molecule has 0 spiro atoms. The van der Waals surface area contributed by atoms with Crippen LogP contribution in [-0.2, 0) is 54.1 Å². The van der Waals surface area contributed by atoms with E-state index in [0.29, 0.717) is 24.5 Å². The smallest absolute Gasteiger partial charge is 0.409 e. The van der Waals surface area contributed by atoms with E-state index in [4.69, 9.17) is 40.0 Å². The van der Waals surface area contributed by atoms with Crippen LogP contribution in [0.25, 0.3) is 0 Å². The number of ether oxygens (including phenoxy) is 6. The third kappa shape index (κ3) is 10.9. The van der Waals surface area contributed by atoms with Crippen LogP contribution >= 0.6 is 23.4 Å². The average Bonchev–Trinajstić information content (AvgIpc) is 3.85. The number of alkyl carbamates (subject to hydrolysis) is 1. The molecule has 2 N–H and O–H groups in total. The van der Waals surface area contributed by atoms with Crippen LogP contribution in [-0.4, -0.2) is 151 Å². The number of epoxide rings is 1. The first-order valence-corrected chi connectivity index (χ1v) is 22.1. The zero-order valence-corrected chi connectivity index (χ0v) is 38.3. The normalized spacial score (nSPS) is 31.0. The minimum Gasteiger partial charge on any atom is -0.495 e. The van der Waals surface area contributed by atoms with Gasteiger partial charge in [-0.05, 0) is 51.8 Å². The Labute approximate surface area is 371 Å². The molecule has 0 radical (unpaired) electrons. The van der Waals surface area contributed by atoms with E-state index in [1.807, 2.05) is 19.9 Å². The second-order valence-electron chi connectivity index (χ2n) is 16.3. The minimum atomic E-state index is -1.86. The highest BCUT2D eigenvalue weighted by Crippen LogP contribution is 2.49. The van der Waals surface area contributed by atoms with Crippen LogP contribution in [0.4, 0.5) is 10.5 Å². The number of hydrogen-bond acceptors (Lipinski definition) is 14. The van der Waals surface area contributed by atoms with E-state index in [9.17, 15) is 33.9 Å². The first-order chi connectivity index (χ1) is 29.3. The third-order valence-corrected chi connectivity index (χ3v) is 13.6. The number of allylic oxidation sites excluding steroid dienone is 3.